The van der Waals surface area contributed by atoms with Crippen molar-refractivity contribution in [2.75, 3.05) is 33.9 Å². The molecule has 0 saturated heterocycles. The first-order valence-electron chi connectivity index (χ1n) is 12.4. The lowest BCUT2D eigenvalue weighted by atomic mass is 9.96. The molecule has 37 heavy (non-hydrogen) atoms. The van der Waals surface area contributed by atoms with E-state index in [2.05, 4.69) is 32.0 Å². The largest absolute Gasteiger partial charge is 0.497 e. The van der Waals surface area contributed by atoms with Gasteiger partial charge in [0.15, 0.2) is 0 Å². The molecule has 0 aromatic heterocycles. The first kappa shape index (κ1) is 26.1. The number of hydrogen-bond donors (Lipinski definition) is 0. The number of carbonyl (C=O) groups is 2. The molecule has 0 radical (unpaired) electrons. The minimum absolute atomic E-state index is 0.110. The Morgan fingerprint density at radius 2 is 1.70 bits per heavy atom. The van der Waals surface area contributed by atoms with Crippen molar-refractivity contribution in [1.82, 2.24) is 9.91 Å². The Bertz CT molecular complexity index is 1270. The van der Waals surface area contributed by atoms with Gasteiger partial charge in [0.25, 0.3) is 11.8 Å². The van der Waals surface area contributed by atoms with E-state index in [4.69, 9.17) is 14.6 Å². The summed E-state index contributed by atoms with van der Waals surface area (Å²) in [6, 6.07) is 22.8. The van der Waals surface area contributed by atoms with Gasteiger partial charge >= 0.3 is 0 Å². The van der Waals surface area contributed by atoms with Crippen LogP contribution in [0.25, 0.3) is 0 Å². The van der Waals surface area contributed by atoms with Crippen molar-refractivity contribution in [3.8, 4) is 5.75 Å². The standard InChI is InChI=1S/C30H33N3O4/c1-21-10-11-25(18-22(21)2)27-19-28(23-8-6-5-7-9-23)33(31-27)29(34)20-32(16-17-36-3)30(35)24-12-14-26(37-4)15-13-24/h5-15,18,28H,16-17,19-20H2,1-4H3/t28-/m0/s1. The second kappa shape index (κ2) is 11.8. The Balaban J connectivity index is 1.62. The minimum atomic E-state index is -0.248. The highest BCUT2D eigenvalue weighted by atomic mass is 16.5. The number of nitrogens with zero attached hydrogens (tertiary/aromatic N) is 3. The Kier molecular flexibility index (Phi) is 8.36. The van der Waals surface area contributed by atoms with Crippen LogP contribution in [-0.2, 0) is 9.53 Å². The molecule has 0 spiro atoms. The van der Waals surface area contributed by atoms with Crippen LogP contribution >= 0.6 is 0 Å². The van der Waals surface area contributed by atoms with Crippen LogP contribution in [0, 0.1) is 13.8 Å². The van der Waals surface area contributed by atoms with Gasteiger partial charge < -0.3 is 14.4 Å². The van der Waals surface area contributed by atoms with Crippen molar-refractivity contribution in [2.45, 2.75) is 26.3 Å². The molecule has 7 heteroatoms. The molecule has 1 aliphatic rings. The second-order valence-electron chi connectivity index (χ2n) is 9.16. The SMILES string of the molecule is COCCN(CC(=O)N1N=C(c2ccc(C)c(C)c2)C[C@H]1c1ccccc1)C(=O)c1ccc(OC)cc1. The van der Waals surface area contributed by atoms with E-state index in [1.807, 2.05) is 30.3 Å². The fourth-order valence-electron chi connectivity index (χ4n) is 4.38. The number of methoxy groups -OCH3 is 2. The maximum absolute atomic E-state index is 13.7. The number of benzene rings is 3. The van der Waals surface area contributed by atoms with Crippen molar-refractivity contribution in [3.63, 3.8) is 0 Å². The molecule has 3 aromatic rings. The predicted molar refractivity (Wildman–Crippen MR) is 144 cm³/mol. The van der Waals surface area contributed by atoms with Gasteiger partial charge in [-0.3, -0.25) is 9.59 Å². The molecule has 0 saturated carbocycles. The molecule has 1 atom stereocenters. The van der Waals surface area contributed by atoms with Crippen molar-refractivity contribution in [1.29, 1.82) is 0 Å². The molecule has 0 fully saturated rings. The summed E-state index contributed by atoms with van der Waals surface area (Å²) in [6.07, 6.45) is 0.600. The van der Waals surface area contributed by atoms with Crippen LogP contribution in [-0.4, -0.2) is 61.4 Å². The molecule has 1 heterocycles. The van der Waals surface area contributed by atoms with Crippen LogP contribution in [0.4, 0.5) is 0 Å². The van der Waals surface area contributed by atoms with Crippen LogP contribution in [0.5, 0.6) is 5.75 Å². The van der Waals surface area contributed by atoms with Crippen molar-refractivity contribution >= 4 is 17.5 Å². The molecule has 3 aromatic carbocycles. The molecular weight excluding hydrogens is 466 g/mol. The van der Waals surface area contributed by atoms with Crippen LogP contribution in [0.2, 0.25) is 0 Å². The summed E-state index contributed by atoms with van der Waals surface area (Å²) in [5.74, 6) is 0.166. The Morgan fingerprint density at radius 3 is 2.35 bits per heavy atom. The highest BCUT2D eigenvalue weighted by molar-refractivity contribution is 6.04. The Morgan fingerprint density at radius 1 is 0.973 bits per heavy atom. The number of hydrazone groups is 1. The van der Waals surface area contributed by atoms with E-state index in [0.717, 1.165) is 16.8 Å². The lowest BCUT2D eigenvalue weighted by molar-refractivity contribution is -0.133. The van der Waals surface area contributed by atoms with Crippen LogP contribution in [0.1, 0.15) is 45.1 Å². The Labute approximate surface area is 218 Å². The summed E-state index contributed by atoms with van der Waals surface area (Å²) >= 11 is 0. The average Bonchev–Trinajstić information content (AvgIpc) is 3.38. The number of hydrogen-bond acceptors (Lipinski definition) is 5. The molecule has 7 nitrogen and oxygen atoms in total. The predicted octanol–water partition coefficient (Wildman–Crippen LogP) is 4.78. The third kappa shape index (κ3) is 6.06. The molecule has 192 valence electrons. The zero-order valence-corrected chi connectivity index (χ0v) is 21.8. The summed E-state index contributed by atoms with van der Waals surface area (Å²) in [5.41, 5.74) is 5.73. The van der Waals surface area contributed by atoms with Gasteiger partial charge in [-0.2, -0.15) is 5.10 Å². The van der Waals surface area contributed by atoms with Gasteiger partial charge in [0.1, 0.15) is 12.3 Å². The Hall–Kier alpha value is -3.97. The molecule has 0 aliphatic carbocycles. The number of rotatable bonds is 9. The fraction of sp³-hybridized carbons (Fsp3) is 0.300. The minimum Gasteiger partial charge on any atom is -0.497 e. The zero-order valence-electron chi connectivity index (χ0n) is 21.8. The highest BCUT2D eigenvalue weighted by Crippen LogP contribution is 2.33. The molecule has 2 amide bonds. The van der Waals surface area contributed by atoms with E-state index < -0.39 is 0 Å². The van der Waals surface area contributed by atoms with Gasteiger partial charge in [0, 0.05) is 25.6 Å². The lowest BCUT2D eigenvalue weighted by Crippen LogP contribution is -2.42. The third-order valence-electron chi connectivity index (χ3n) is 6.71. The normalized spacial score (nSPS) is 14.9. The van der Waals surface area contributed by atoms with Gasteiger partial charge in [-0.05, 0) is 66.4 Å². The zero-order chi connectivity index (χ0) is 26.4. The molecule has 4 rings (SSSR count). The molecular formula is C30H33N3O4. The van der Waals surface area contributed by atoms with E-state index in [0.29, 0.717) is 24.3 Å². The smallest absolute Gasteiger partial charge is 0.262 e. The summed E-state index contributed by atoms with van der Waals surface area (Å²) in [7, 11) is 3.15. The van der Waals surface area contributed by atoms with Crippen LogP contribution in [0.3, 0.4) is 0 Å². The van der Waals surface area contributed by atoms with Crippen molar-refractivity contribution < 1.29 is 19.1 Å². The monoisotopic (exact) mass is 499 g/mol. The maximum Gasteiger partial charge on any atom is 0.262 e. The van der Waals surface area contributed by atoms with Gasteiger partial charge in [0.2, 0.25) is 0 Å². The molecule has 0 N–H and O–H groups in total. The van der Waals surface area contributed by atoms with Gasteiger partial charge in [-0.1, -0.05) is 42.5 Å². The third-order valence-corrected chi connectivity index (χ3v) is 6.71. The maximum atomic E-state index is 13.7. The first-order valence-corrected chi connectivity index (χ1v) is 12.4. The van der Waals surface area contributed by atoms with Crippen molar-refractivity contribution in [2.24, 2.45) is 5.10 Å². The van der Waals surface area contributed by atoms with Gasteiger partial charge in [0.05, 0.1) is 25.5 Å². The van der Waals surface area contributed by atoms with Crippen molar-refractivity contribution in [3.05, 3.63) is 101 Å². The van der Waals surface area contributed by atoms with E-state index in [1.54, 1.807) is 43.5 Å². The van der Waals surface area contributed by atoms with E-state index in [-0.39, 0.29) is 30.9 Å². The van der Waals surface area contributed by atoms with Crippen LogP contribution < -0.4 is 4.74 Å². The van der Waals surface area contributed by atoms with Crippen LogP contribution in [0.15, 0.2) is 77.9 Å². The number of aryl methyl sites for hydroxylation is 2. The van der Waals surface area contributed by atoms with Gasteiger partial charge in [-0.25, -0.2) is 5.01 Å². The summed E-state index contributed by atoms with van der Waals surface area (Å²) in [5, 5.41) is 6.33. The highest BCUT2D eigenvalue weighted by Gasteiger charge is 2.34. The lowest BCUT2D eigenvalue weighted by Gasteiger charge is -2.27. The van der Waals surface area contributed by atoms with E-state index >= 15 is 0 Å². The molecule has 0 bridgehead atoms. The number of ether oxygens (including phenoxy) is 2. The summed E-state index contributed by atoms with van der Waals surface area (Å²) in [4.78, 5) is 28.5. The summed E-state index contributed by atoms with van der Waals surface area (Å²) < 4.78 is 10.4. The second-order valence-corrected chi connectivity index (χ2v) is 9.16. The number of amides is 2. The quantitative estimate of drug-likeness (QED) is 0.425. The van der Waals surface area contributed by atoms with Gasteiger partial charge in [-0.15, -0.1) is 0 Å². The van der Waals surface area contributed by atoms with E-state index in [1.165, 1.54) is 16.0 Å². The molecule has 0 unspecified atom stereocenters. The number of carbonyl (C=O) groups excluding carboxylic acids is 2. The molecule has 1 aliphatic heterocycles. The van der Waals surface area contributed by atoms with E-state index in [9.17, 15) is 9.59 Å². The fourth-order valence-corrected chi connectivity index (χ4v) is 4.38. The topological polar surface area (TPSA) is 71.4 Å². The average molecular weight is 500 g/mol. The summed E-state index contributed by atoms with van der Waals surface area (Å²) in [6.45, 7) is 4.64. The first-order chi connectivity index (χ1) is 17.9.